The number of sulfonamides is 1. The minimum absolute atomic E-state index is 0.00225. The molecule has 1 aromatic heterocycles. The van der Waals surface area contributed by atoms with Crippen molar-refractivity contribution in [3.8, 4) is 5.75 Å². The van der Waals surface area contributed by atoms with Crippen LogP contribution in [0, 0.1) is 13.8 Å². The van der Waals surface area contributed by atoms with Gasteiger partial charge in [0, 0.05) is 24.4 Å². The Kier molecular flexibility index (Phi) is 6.04. The first-order valence-corrected chi connectivity index (χ1v) is 10.8. The smallest absolute Gasteiger partial charge is 0.266 e. The third-order valence-electron chi connectivity index (χ3n) is 4.44. The summed E-state index contributed by atoms with van der Waals surface area (Å²) in [6, 6.07) is 11.9. The van der Waals surface area contributed by atoms with E-state index in [0.29, 0.717) is 16.8 Å². The Balaban J connectivity index is 1.93. The molecule has 0 bridgehead atoms. The van der Waals surface area contributed by atoms with Crippen LogP contribution in [0.2, 0.25) is 5.15 Å². The highest BCUT2D eigenvalue weighted by Gasteiger charge is 2.26. The number of aryl methyl sites for hydroxylation is 3. The molecule has 0 aliphatic carbocycles. The number of carbonyl (C=O) groups is 1. The zero-order valence-corrected chi connectivity index (χ0v) is 18.4. The molecule has 0 radical (unpaired) electrons. The summed E-state index contributed by atoms with van der Waals surface area (Å²) in [6.07, 6.45) is 0. The Hall–Kier alpha value is -3.04. The average Bonchev–Trinajstić information content (AvgIpc) is 2.96. The molecular weight excluding hydrogens is 428 g/mol. The van der Waals surface area contributed by atoms with E-state index >= 15 is 0 Å². The van der Waals surface area contributed by atoms with Gasteiger partial charge in [0.25, 0.3) is 15.9 Å². The van der Waals surface area contributed by atoms with Crippen molar-refractivity contribution in [3.63, 3.8) is 0 Å². The summed E-state index contributed by atoms with van der Waals surface area (Å²) >= 11 is 6.11. The van der Waals surface area contributed by atoms with E-state index in [0.717, 1.165) is 0 Å². The predicted octanol–water partition coefficient (Wildman–Crippen LogP) is 3.75. The molecule has 10 heteroatoms. The van der Waals surface area contributed by atoms with Gasteiger partial charge in [-0.15, -0.1) is 0 Å². The first-order chi connectivity index (χ1) is 14.1. The van der Waals surface area contributed by atoms with E-state index in [1.807, 2.05) is 6.07 Å². The normalized spacial score (nSPS) is 11.2. The molecule has 1 amide bonds. The van der Waals surface area contributed by atoms with Gasteiger partial charge < -0.3 is 10.1 Å². The molecule has 0 spiro atoms. The van der Waals surface area contributed by atoms with Crippen molar-refractivity contribution >= 4 is 38.9 Å². The summed E-state index contributed by atoms with van der Waals surface area (Å²) in [7, 11) is -1.05. The van der Waals surface area contributed by atoms with Crippen molar-refractivity contribution in [3.05, 3.63) is 64.4 Å². The molecule has 1 heterocycles. The molecule has 3 aromatic rings. The molecule has 0 saturated heterocycles. The number of methoxy groups -OCH3 is 1. The molecular formula is C20H21ClN4O4S. The third kappa shape index (κ3) is 4.27. The second kappa shape index (κ2) is 8.37. The minimum Gasteiger partial charge on any atom is -0.494 e. The second-order valence-electron chi connectivity index (χ2n) is 6.62. The van der Waals surface area contributed by atoms with Crippen LogP contribution in [0.15, 0.2) is 47.4 Å². The molecule has 0 aliphatic heterocycles. The van der Waals surface area contributed by atoms with Crippen molar-refractivity contribution in [2.45, 2.75) is 18.7 Å². The summed E-state index contributed by atoms with van der Waals surface area (Å²) in [5, 5.41) is 6.86. The number of nitrogens with zero attached hydrogens (tertiary/aromatic N) is 2. The number of ether oxygens (including phenoxy) is 1. The van der Waals surface area contributed by atoms with Crippen molar-refractivity contribution in [1.29, 1.82) is 0 Å². The first kappa shape index (κ1) is 21.7. The number of anilines is 2. The maximum absolute atomic E-state index is 12.9. The maximum atomic E-state index is 12.9. The Morgan fingerprint density at radius 1 is 1.13 bits per heavy atom. The van der Waals surface area contributed by atoms with E-state index in [9.17, 15) is 13.2 Å². The number of aromatic nitrogens is 2. The number of hydrogen-bond donors (Lipinski definition) is 2. The highest BCUT2D eigenvalue weighted by molar-refractivity contribution is 7.92. The van der Waals surface area contributed by atoms with Crippen LogP contribution in [-0.4, -0.2) is 31.2 Å². The fraction of sp³-hybridized carbons (Fsp3) is 0.200. The number of rotatable bonds is 6. The molecule has 158 valence electrons. The summed E-state index contributed by atoms with van der Waals surface area (Å²) in [5.74, 6) is -0.0444. The van der Waals surface area contributed by atoms with Crippen LogP contribution in [0.5, 0.6) is 5.75 Å². The molecule has 0 saturated carbocycles. The molecule has 30 heavy (non-hydrogen) atoms. The zero-order chi connectivity index (χ0) is 22.1. The van der Waals surface area contributed by atoms with Crippen LogP contribution < -0.4 is 14.8 Å². The van der Waals surface area contributed by atoms with Crippen LogP contribution in [-0.2, 0) is 17.1 Å². The minimum atomic E-state index is -4.01. The number of nitrogens with one attached hydrogen (secondary N) is 2. The van der Waals surface area contributed by atoms with Crippen LogP contribution in [0.25, 0.3) is 0 Å². The fourth-order valence-corrected chi connectivity index (χ4v) is 4.78. The van der Waals surface area contributed by atoms with Crippen molar-refractivity contribution in [1.82, 2.24) is 9.78 Å². The average molecular weight is 449 g/mol. The molecule has 3 rings (SSSR count). The van der Waals surface area contributed by atoms with E-state index < -0.39 is 10.0 Å². The largest absolute Gasteiger partial charge is 0.494 e. The summed E-state index contributed by atoms with van der Waals surface area (Å²) < 4.78 is 34.9. The quantitative estimate of drug-likeness (QED) is 0.597. The van der Waals surface area contributed by atoms with Gasteiger partial charge in [0.15, 0.2) is 0 Å². The molecule has 0 fully saturated rings. The number of benzene rings is 2. The van der Waals surface area contributed by atoms with Gasteiger partial charge in [0.1, 0.15) is 15.8 Å². The van der Waals surface area contributed by atoms with E-state index in [1.165, 1.54) is 11.8 Å². The van der Waals surface area contributed by atoms with Gasteiger partial charge >= 0.3 is 0 Å². The summed E-state index contributed by atoms with van der Waals surface area (Å²) in [5.41, 5.74) is 2.14. The standard InChI is InChI=1S/C20H21ClN4O4S/c1-12-10-16(24-30(27,28)18-13(2)23-25(3)19(18)21)17(29-4)11-15(12)22-20(26)14-8-6-5-7-9-14/h5-11,24H,1-4H3,(H,22,26). The van der Waals surface area contributed by atoms with E-state index in [1.54, 1.807) is 57.3 Å². The number of halogens is 1. The Labute approximate surface area is 179 Å². The van der Waals surface area contributed by atoms with Gasteiger partial charge in [-0.1, -0.05) is 29.8 Å². The summed E-state index contributed by atoms with van der Waals surface area (Å²) in [4.78, 5) is 12.4. The van der Waals surface area contributed by atoms with Gasteiger partial charge in [-0.05, 0) is 37.6 Å². The van der Waals surface area contributed by atoms with Crippen LogP contribution in [0.1, 0.15) is 21.6 Å². The molecule has 0 atom stereocenters. The fourth-order valence-electron chi connectivity index (χ4n) is 2.97. The molecule has 0 aliphatic rings. The molecule has 8 nitrogen and oxygen atoms in total. The van der Waals surface area contributed by atoms with Gasteiger partial charge in [0.05, 0.1) is 18.5 Å². The topological polar surface area (TPSA) is 102 Å². The number of amides is 1. The lowest BCUT2D eigenvalue weighted by molar-refractivity contribution is 0.102. The van der Waals surface area contributed by atoms with Crippen LogP contribution in [0.4, 0.5) is 11.4 Å². The second-order valence-corrected chi connectivity index (χ2v) is 8.60. The monoisotopic (exact) mass is 448 g/mol. The van der Waals surface area contributed by atoms with Gasteiger partial charge in [-0.3, -0.25) is 14.2 Å². The lowest BCUT2D eigenvalue weighted by Crippen LogP contribution is -2.16. The van der Waals surface area contributed by atoms with Crippen molar-refractivity contribution in [2.24, 2.45) is 7.05 Å². The van der Waals surface area contributed by atoms with Crippen molar-refractivity contribution < 1.29 is 17.9 Å². The van der Waals surface area contributed by atoms with Crippen LogP contribution in [0.3, 0.4) is 0 Å². The number of carbonyl (C=O) groups excluding carboxylic acids is 1. The molecule has 2 N–H and O–H groups in total. The highest BCUT2D eigenvalue weighted by Crippen LogP contribution is 2.34. The van der Waals surface area contributed by atoms with Gasteiger partial charge in [-0.25, -0.2) is 8.42 Å². The van der Waals surface area contributed by atoms with Gasteiger partial charge in [-0.2, -0.15) is 5.10 Å². The zero-order valence-electron chi connectivity index (χ0n) is 16.9. The predicted molar refractivity (Wildman–Crippen MR) is 116 cm³/mol. The number of hydrogen-bond acceptors (Lipinski definition) is 5. The Morgan fingerprint density at radius 2 is 1.80 bits per heavy atom. The maximum Gasteiger partial charge on any atom is 0.266 e. The first-order valence-electron chi connectivity index (χ1n) is 8.91. The van der Waals surface area contributed by atoms with E-state index in [4.69, 9.17) is 16.3 Å². The third-order valence-corrected chi connectivity index (χ3v) is 6.50. The highest BCUT2D eigenvalue weighted by atomic mass is 35.5. The molecule has 0 unspecified atom stereocenters. The lowest BCUT2D eigenvalue weighted by Gasteiger charge is -2.16. The Morgan fingerprint density at radius 3 is 2.37 bits per heavy atom. The van der Waals surface area contributed by atoms with E-state index in [2.05, 4.69) is 15.1 Å². The lowest BCUT2D eigenvalue weighted by atomic mass is 10.1. The van der Waals surface area contributed by atoms with Gasteiger partial charge in [0.2, 0.25) is 0 Å². The SMILES string of the molecule is COc1cc(NC(=O)c2ccccc2)c(C)cc1NS(=O)(=O)c1c(C)nn(C)c1Cl. The molecule has 2 aromatic carbocycles. The van der Waals surface area contributed by atoms with Crippen LogP contribution >= 0.6 is 11.6 Å². The van der Waals surface area contributed by atoms with E-state index in [-0.39, 0.29) is 33.1 Å². The Bertz CT molecular complexity index is 1210. The van der Waals surface area contributed by atoms with Crippen molar-refractivity contribution in [2.75, 3.05) is 17.1 Å². The summed E-state index contributed by atoms with van der Waals surface area (Å²) in [6.45, 7) is 3.31.